The molecule has 0 fully saturated rings. The number of nitrogens with two attached hydrogens (primary N) is 1. The number of carbonyl (C=O) groups is 3. The average Bonchev–Trinajstić information content (AvgIpc) is 2.96. The van der Waals surface area contributed by atoms with Gasteiger partial charge in [-0.2, -0.15) is 0 Å². The van der Waals surface area contributed by atoms with Gasteiger partial charge in [-0.1, -0.05) is 124 Å². The van der Waals surface area contributed by atoms with E-state index in [0.29, 0.717) is 39.1 Å². The maximum atomic E-state index is 11.5. The molecule has 44 heavy (non-hydrogen) atoms. The monoisotopic (exact) mass is 629 g/mol. The van der Waals surface area contributed by atoms with Crippen LogP contribution in [0.3, 0.4) is 0 Å². The Labute approximate surface area is 271 Å². The fourth-order valence-electron chi connectivity index (χ4n) is 4.77. The number of ether oxygens (including phenoxy) is 2. The molecule has 0 atom stereocenters. The first-order chi connectivity index (χ1) is 21.2. The number of nitrogens with one attached hydrogen (secondary N) is 1. The molecule has 0 aromatic rings. The van der Waals surface area contributed by atoms with Gasteiger partial charge in [0.25, 0.3) is 0 Å². The van der Waals surface area contributed by atoms with Crippen molar-refractivity contribution < 1.29 is 29.0 Å². The fourth-order valence-corrected chi connectivity index (χ4v) is 4.77. The minimum atomic E-state index is -0.995. The molecule has 0 aliphatic rings. The molecule has 1 amide bonds. The summed E-state index contributed by atoms with van der Waals surface area (Å²) in [7, 11) is 0. The lowest BCUT2D eigenvalue weighted by Crippen LogP contribution is -2.21. The number of unbranched alkanes of at least 4 members (excludes halogenated alkanes) is 15. The molecule has 0 aliphatic heterocycles. The van der Waals surface area contributed by atoms with Crippen molar-refractivity contribution in [1.29, 1.82) is 0 Å². The van der Waals surface area contributed by atoms with E-state index in [-0.39, 0.29) is 11.9 Å². The van der Waals surface area contributed by atoms with Gasteiger partial charge in [0.15, 0.2) is 0 Å². The Morgan fingerprint density at radius 2 is 0.909 bits per heavy atom. The SMILES string of the molecule is CC(C)CCCCCCCCCOC(=O)CCCCCNC(=O)O.CC(C)CCCCCCCCCOC(=O)CCCCN. The number of hydrogen-bond donors (Lipinski definition) is 3. The van der Waals surface area contributed by atoms with Gasteiger partial charge in [-0.3, -0.25) is 9.59 Å². The summed E-state index contributed by atoms with van der Waals surface area (Å²) in [6.07, 6.45) is 24.3. The van der Waals surface area contributed by atoms with Gasteiger partial charge in [-0.15, -0.1) is 0 Å². The lowest BCUT2D eigenvalue weighted by Gasteiger charge is -2.06. The van der Waals surface area contributed by atoms with Gasteiger partial charge < -0.3 is 25.6 Å². The Kier molecular flexibility index (Phi) is 35.9. The summed E-state index contributed by atoms with van der Waals surface area (Å²) in [6.45, 7) is 11.4. The van der Waals surface area contributed by atoms with Crippen LogP contribution >= 0.6 is 0 Å². The summed E-state index contributed by atoms with van der Waals surface area (Å²) in [5.41, 5.74) is 5.38. The summed E-state index contributed by atoms with van der Waals surface area (Å²) in [5, 5.41) is 10.7. The maximum Gasteiger partial charge on any atom is 0.404 e. The second-order valence-corrected chi connectivity index (χ2v) is 13.0. The van der Waals surface area contributed by atoms with Crippen molar-refractivity contribution in [2.24, 2.45) is 17.6 Å². The predicted molar refractivity (Wildman–Crippen MR) is 183 cm³/mol. The van der Waals surface area contributed by atoms with Gasteiger partial charge in [0.1, 0.15) is 0 Å². The molecule has 0 unspecified atom stereocenters. The van der Waals surface area contributed by atoms with Crippen molar-refractivity contribution >= 4 is 18.0 Å². The number of esters is 2. The second kappa shape index (κ2) is 35.6. The Balaban J connectivity index is 0. The van der Waals surface area contributed by atoms with Gasteiger partial charge in [0, 0.05) is 19.4 Å². The largest absolute Gasteiger partial charge is 0.466 e. The van der Waals surface area contributed by atoms with E-state index in [1.54, 1.807) is 0 Å². The van der Waals surface area contributed by atoms with E-state index in [0.717, 1.165) is 63.2 Å². The van der Waals surface area contributed by atoms with Gasteiger partial charge in [-0.05, 0) is 56.9 Å². The van der Waals surface area contributed by atoms with E-state index >= 15 is 0 Å². The normalized spacial score (nSPS) is 10.9. The van der Waals surface area contributed by atoms with Crippen molar-refractivity contribution in [2.45, 2.75) is 175 Å². The molecule has 0 spiro atoms. The maximum absolute atomic E-state index is 11.5. The molecule has 0 radical (unpaired) electrons. The first-order valence-electron chi connectivity index (χ1n) is 18.2. The van der Waals surface area contributed by atoms with Crippen LogP contribution in [0.25, 0.3) is 0 Å². The smallest absolute Gasteiger partial charge is 0.404 e. The zero-order valence-corrected chi connectivity index (χ0v) is 29.3. The van der Waals surface area contributed by atoms with Crippen LogP contribution in [0.1, 0.15) is 175 Å². The summed E-state index contributed by atoms with van der Waals surface area (Å²) >= 11 is 0. The molecule has 0 bridgehead atoms. The van der Waals surface area contributed by atoms with Gasteiger partial charge in [0.2, 0.25) is 0 Å². The fraction of sp³-hybridized carbons (Fsp3) is 0.917. The van der Waals surface area contributed by atoms with Crippen LogP contribution in [0.2, 0.25) is 0 Å². The van der Waals surface area contributed by atoms with Crippen LogP contribution in [0.15, 0.2) is 0 Å². The third kappa shape index (κ3) is 42.3. The lowest BCUT2D eigenvalue weighted by molar-refractivity contribution is -0.144. The number of carboxylic acid groups (broad SMARTS) is 1. The lowest BCUT2D eigenvalue weighted by atomic mass is 10.0. The number of hydrogen-bond acceptors (Lipinski definition) is 6. The van der Waals surface area contributed by atoms with Crippen LogP contribution in [0.5, 0.6) is 0 Å². The zero-order chi connectivity index (χ0) is 33.1. The molecule has 0 aromatic heterocycles. The molecule has 0 rings (SSSR count). The third-order valence-corrected chi connectivity index (χ3v) is 7.55. The molecule has 0 saturated carbocycles. The molecule has 8 nitrogen and oxygen atoms in total. The quantitative estimate of drug-likeness (QED) is 0.0534. The highest BCUT2D eigenvalue weighted by atomic mass is 16.5. The standard InChI is InChI=1S/C19H37NO4.C17H35NO2/c1-17(2)13-9-6-4-3-5-7-12-16-24-18(21)14-10-8-11-15-20-19(22)23;1-16(2)12-8-6-4-3-5-7-11-15-20-17(19)13-9-10-14-18/h17,20H,3-16H2,1-2H3,(H,22,23);16H,3-15,18H2,1-2H3. The first-order valence-corrected chi connectivity index (χ1v) is 18.2. The van der Waals surface area contributed by atoms with Crippen molar-refractivity contribution in [3.63, 3.8) is 0 Å². The van der Waals surface area contributed by atoms with E-state index in [1.807, 2.05) is 0 Å². The zero-order valence-electron chi connectivity index (χ0n) is 29.3. The van der Waals surface area contributed by atoms with Crippen LogP contribution < -0.4 is 11.1 Å². The molecule has 262 valence electrons. The Morgan fingerprint density at radius 1 is 0.545 bits per heavy atom. The Bertz CT molecular complexity index is 642. The molecule has 8 heteroatoms. The van der Waals surface area contributed by atoms with E-state index in [4.69, 9.17) is 20.3 Å². The van der Waals surface area contributed by atoms with Gasteiger partial charge in [0.05, 0.1) is 13.2 Å². The number of rotatable bonds is 30. The molecule has 4 N–H and O–H groups in total. The second-order valence-electron chi connectivity index (χ2n) is 13.0. The van der Waals surface area contributed by atoms with Crippen molar-refractivity contribution in [3.05, 3.63) is 0 Å². The van der Waals surface area contributed by atoms with Crippen LogP contribution in [-0.4, -0.2) is 49.4 Å². The van der Waals surface area contributed by atoms with Gasteiger partial charge in [-0.25, -0.2) is 4.79 Å². The first kappa shape index (κ1) is 44.3. The summed E-state index contributed by atoms with van der Waals surface area (Å²) < 4.78 is 10.4. The topological polar surface area (TPSA) is 128 Å². The molecule has 0 heterocycles. The van der Waals surface area contributed by atoms with Crippen molar-refractivity contribution in [1.82, 2.24) is 5.32 Å². The van der Waals surface area contributed by atoms with Crippen molar-refractivity contribution in [2.75, 3.05) is 26.3 Å². The summed E-state index contributed by atoms with van der Waals surface area (Å²) in [4.78, 5) is 33.1. The van der Waals surface area contributed by atoms with E-state index in [2.05, 4.69) is 33.0 Å². The van der Waals surface area contributed by atoms with E-state index < -0.39 is 6.09 Å². The minimum absolute atomic E-state index is 0.0628. The highest BCUT2D eigenvalue weighted by molar-refractivity contribution is 5.69. The van der Waals surface area contributed by atoms with Crippen molar-refractivity contribution in [3.8, 4) is 0 Å². The van der Waals surface area contributed by atoms with Crippen LogP contribution in [0, 0.1) is 11.8 Å². The minimum Gasteiger partial charge on any atom is -0.466 e. The molecule has 0 aliphatic carbocycles. The van der Waals surface area contributed by atoms with Crippen LogP contribution in [0.4, 0.5) is 4.79 Å². The van der Waals surface area contributed by atoms with E-state index in [9.17, 15) is 14.4 Å². The Morgan fingerprint density at radius 3 is 1.30 bits per heavy atom. The number of amides is 1. The molecule has 0 saturated heterocycles. The number of carbonyl (C=O) groups excluding carboxylic acids is 2. The van der Waals surface area contributed by atoms with Gasteiger partial charge >= 0.3 is 18.0 Å². The summed E-state index contributed by atoms with van der Waals surface area (Å²) in [6, 6.07) is 0. The summed E-state index contributed by atoms with van der Waals surface area (Å²) in [5.74, 6) is 1.47. The Hall–Kier alpha value is -1.83. The average molecular weight is 629 g/mol. The highest BCUT2D eigenvalue weighted by Gasteiger charge is 2.04. The third-order valence-electron chi connectivity index (χ3n) is 7.55. The molecular formula is C36H72N2O6. The van der Waals surface area contributed by atoms with Crippen LogP contribution in [-0.2, 0) is 19.1 Å². The highest BCUT2D eigenvalue weighted by Crippen LogP contribution is 2.13. The molecular weight excluding hydrogens is 556 g/mol. The van der Waals surface area contributed by atoms with E-state index in [1.165, 1.54) is 83.5 Å². The predicted octanol–water partition coefficient (Wildman–Crippen LogP) is 9.57. The molecule has 0 aromatic carbocycles.